The molecule has 0 bridgehead atoms. The molecule has 0 radical (unpaired) electrons. The van der Waals surface area contributed by atoms with E-state index in [1.54, 1.807) is 18.7 Å². The molecule has 1 heterocycles. The van der Waals surface area contributed by atoms with E-state index in [2.05, 4.69) is 22.4 Å². The molecule has 1 fully saturated rings. The lowest BCUT2D eigenvalue weighted by Gasteiger charge is -2.28. The molecule has 1 amide bonds. The molecule has 0 spiro atoms. The molecule has 0 aliphatic heterocycles. The maximum atomic E-state index is 12.5. The third-order valence-electron chi connectivity index (χ3n) is 4.01. The Morgan fingerprint density at radius 3 is 2.76 bits per heavy atom. The zero-order valence-corrected chi connectivity index (χ0v) is 14.0. The molecule has 5 nitrogen and oxygen atoms in total. The molecule has 1 unspecified atom stereocenters. The van der Waals surface area contributed by atoms with Crippen LogP contribution in [0.4, 0.5) is 0 Å². The van der Waals surface area contributed by atoms with Crippen LogP contribution in [0.15, 0.2) is 4.52 Å². The van der Waals surface area contributed by atoms with Gasteiger partial charge in [0.15, 0.2) is 5.82 Å². The molecule has 0 saturated heterocycles. The van der Waals surface area contributed by atoms with Gasteiger partial charge >= 0.3 is 0 Å². The van der Waals surface area contributed by atoms with E-state index in [0.29, 0.717) is 11.7 Å². The average Bonchev–Trinajstić information content (AvgIpc) is 3.09. The largest absolute Gasteiger partial charge is 0.342 e. The van der Waals surface area contributed by atoms with Gasteiger partial charge in [0.2, 0.25) is 11.8 Å². The molecule has 1 atom stereocenters. The number of aryl methyl sites for hydroxylation is 1. The van der Waals surface area contributed by atoms with Crippen LogP contribution < -0.4 is 5.32 Å². The Bertz CT molecular complexity index is 469. The Morgan fingerprint density at radius 1 is 1.48 bits per heavy atom. The Labute approximate surface area is 130 Å². The molecule has 21 heavy (non-hydrogen) atoms. The molecule has 1 aliphatic rings. The predicted octanol–water partition coefficient (Wildman–Crippen LogP) is 3.19. The molecule has 1 aromatic rings. The smallest absolute Gasteiger partial charge is 0.233 e. The van der Waals surface area contributed by atoms with E-state index in [0.717, 1.165) is 44.3 Å². The van der Waals surface area contributed by atoms with Crippen LogP contribution in [0.1, 0.15) is 64.1 Å². The average molecular weight is 311 g/mol. The normalized spacial score (nSPS) is 18.6. The summed E-state index contributed by atoms with van der Waals surface area (Å²) in [5.74, 6) is 2.30. The zero-order valence-electron chi connectivity index (χ0n) is 13.1. The number of amides is 1. The minimum Gasteiger partial charge on any atom is -0.342 e. The van der Waals surface area contributed by atoms with Crippen molar-refractivity contribution >= 4 is 17.7 Å². The highest BCUT2D eigenvalue weighted by Gasteiger charge is 2.41. The van der Waals surface area contributed by atoms with Crippen molar-refractivity contribution < 1.29 is 9.32 Å². The molecular weight excluding hydrogens is 286 g/mol. The highest BCUT2D eigenvalue weighted by Crippen LogP contribution is 2.37. The lowest BCUT2D eigenvalue weighted by molar-refractivity contribution is -0.122. The van der Waals surface area contributed by atoms with Crippen molar-refractivity contribution in [3.63, 3.8) is 0 Å². The molecular formula is C15H25N3O2S. The van der Waals surface area contributed by atoms with E-state index in [4.69, 9.17) is 4.52 Å². The van der Waals surface area contributed by atoms with Gasteiger partial charge in [0.1, 0.15) is 5.54 Å². The first-order valence-corrected chi connectivity index (χ1v) is 8.87. The van der Waals surface area contributed by atoms with Crippen molar-refractivity contribution in [2.45, 2.75) is 70.1 Å². The summed E-state index contributed by atoms with van der Waals surface area (Å²) < 4.78 is 5.11. The first-order chi connectivity index (χ1) is 10.1. The van der Waals surface area contributed by atoms with Crippen molar-refractivity contribution in [2.75, 3.05) is 5.75 Å². The zero-order chi connectivity index (χ0) is 15.3. The van der Waals surface area contributed by atoms with Crippen LogP contribution in [0.3, 0.4) is 0 Å². The minimum atomic E-state index is -0.422. The molecule has 6 heteroatoms. The van der Waals surface area contributed by atoms with Gasteiger partial charge in [-0.15, -0.1) is 11.8 Å². The Morgan fingerprint density at radius 2 is 2.19 bits per heavy atom. The van der Waals surface area contributed by atoms with Crippen LogP contribution in [-0.4, -0.2) is 27.1 Å². The number of thioether (sulfide) groups is 1. The summed E-state index contributed by atoms with van der Waals surface area (Å²) in [6.07, 6.45) is 6.27. The Kier molecular flexibility index (Phi) is 5.67. The van der Waals surface area contributed by atoms with Crippen molar-refractivity contribution in [2.24, 2.45) is 0 Å². The van der Waals surface area contributed by atoms with E-state index in [-0.39, 0.29) is 11.2 Å². The van der Waals surface area contributed by atoms with Crippen LogP contribution >= 0.6 is 11.8 Å². The van der Waals surface area contributed by atoms with Crippen LogP contribution in [0, 0.1) is 6.92 Å². The third kappa shape index (κ3) is 3.99. The monoisotopic (exact) mass is 311 g/mol. The minimum absolute atomic E-state index is 0.0398. The summed E-state index contributed by atoms with van der Waals surface area (Å²) in [5.41, 5.74) is -0.422. The van der Waals surface area contributed by atoms with Gasteiger partial charge in [-0.05, 0) is 31.9 Å². The predicted molar refractivity (Wildman–Crippen MR) is 84.2 cm³/mol. The van der Waals surface area contributed by atoms with Crippen molar-refractivity contribution in [1.82, 2.24) is 15.5 Å². The fraction of sp³-hybridized carbons (Fsp3) is 0.800. The van der Waals surface area contributed by atoms with Gasteiger partial charge in [-0.1, -0.05) is 31.3 Å². The molecule has 1 aliphatic carbocycles. The van der Waals surface area contributed by atoms with Crippen molar-refractivity contribution in [1.29, 1.82) is 0 Å². The summed E-state index contributed by atoms with van der Waals surface area (Å²) in [4.78, 5) is 16.8. The van der Waals surface area contributed by atoms with Gasteiger partial charge in [-0.25, -0.2) is 0 Å². The standard InChI is InChI=1S/C15H25N3O2S/c1-4-5-10-21-11(2)13(19)17-15(8-6-7-9-15)14-16-12(3)20-18-14/h11H,4-10H2,1-3H3,(H,17,19). The summed E-state index contributed by atoms with van der Waals surface area (Å²) in [5, 5.41) is 7.21. The second-order valence-electron chi connectivity index (χ2n) is 5.78. The fourth-order valence-electron chi connectivity index (χ4n) is 2.69. The highest BCUT2D eigenvalue weighted by molar-refractivity contribution is 8.00. The van der Waals surface area contributed by atoms with Crippen LogP contribution in [0.2, 0.25) is 0 Å². The van der Waals surface area contributed by atoms with Gasteiger partial charge in [-0.3, -0.25) is 4.79 Å². The van der Waals surface area contributed by atoms with Crippen molar-refractivity contribution in [3.8, 4) is 0 Å². The lowest BCUT2D eigenvalue weighted by atomic mass is 9.96. The maximum Gasteiger partial charge on any atom is 0.233 e. The number of carbonyl (C=O) groups excluding carboxylic acids is 1. The van der Waals surface area contributed by atoms with Gasteiger partial charge < -0.3 is 9.84 Å². The maximum absolute atomic E-state index is 12.5. The molecule has 2 rings (SSSR count). The quantitative estimate of drug-likeness (QED) is 0.783. The number of unbranched alkanes of at least 4 members (excludes halogenated alkanes) is 1. The number of nitrogens with zero attached hydrogens (tertiary/aromatic N) is 2. The summed E-state index contributed by atoms with van der Waals surface area (Å²) in [7, 11) is 0. The van der Waals surface area contributed by atoms with E-state index < -0.39 is 5.54 Å². The molecule has 1 N–H and O–H groups in total. The van der Waals surface area contributed by atoms with E-state index in [1.807, 2.05) is 6.92 Å². The molecule has 1 aromatic heterocycles. The van der Waals surface area contributed by atoms with Gasteiger partial charge in [-0.2, -0.15) is 4.98 Å². The Balaban J connectivity index is 2.01. The third-order valence-corrected chi connectivity index (χ3v) is 5.25. The Hall–Kier alpha value is -1.04. The van der Waals surface area contributed by atoms with E-state index >= 15 is 0 Å². The summed E-state index contributed by atoms with van der Waals surface area (Å²) in [6, 6.07) is 0. The number of hydrogen-bond donors (Lipinski definition) is 1. The highest BCUT2D eigenvalue weighted by atomic mass is 32.2. The van der Waals surface area contributed by atoms with Gasteiger partial charge in [0.25, 0.3) is 0 Å². The van der Waals surface area contributed by atoms with Crippen LogP contribution in [0.5, 0.6) is 0 Å². The molecule has 118 valence electrons. The second kappa shape index (κ2) is 7.29. The van der Waals surface area contributed by atoms with Gasteiger partial charge in [0.05, 0.1) is 5.25 Å². The van der Waals surface area contributed by atoms with E-state index in [9.17, 15) is 4.79 Å². The lowest BCUT2D eigenvalue weighted by Crippen LogP contribution is -2.47. The van der Waals surface area contributed by atoms with E-state index in [1.165, 1.54) is 0 Å². The number of nitrogens with one attached hydrogen (secondary N) is 1. The second-order valence-corrected chi connectivity index (χ2v) is 7.23. The first-order valence-electron chi connectivity index (χ1n) is 7.82. The number of hydrogen-bond acceptors (Lipinski definition) is 5. The van der Waals surface area contributed by atoms with Gasteiger partial charge in [0, 0.05) is 6.92 Å². The number of carbonyl (C=O) groups is 1. The summed E-state index contributed by atoms with van der Waals surface area (Å²) >= 11 is 1.72. The molecule has 0 aromatic carbocycles. The number of rotatable bonds is 7. The molecule has 1 saturated carbocycles. The SMILES string of the molecule is CCCCSC(C)C(=O)NC1(c2noc(C)n2)CCCC1. The first kappa shape index (κ1) is 16.3. The summed E-state index contributed by atoms with van der Waals surface area (Å²) in [6.45, 7) is 5.92. The number of aromatic nitrogens is 2. The van der Waals surface area contributed by atoms with Crippen LogP contribution in [0.25, 0.3) is 0 Å². The van der Waals surface area contributed by atoms with Crippen LogP contribution in [-0.2, 0) is 10.3 Å². The van der Waals surface area contributed by atoms with Crippen molar-refractivity contribution in [3.05, 3.63) is 11.7 Å². The fourth-order valence-corrected chi connectivity index (χ4v) is 3.71. The topological polar surface area (TPSA) is 68.0 Å².